The van der Waals surface area contributed by atoms with Crippen LogP contribution in [0.25, 0.3) is 0 Å². The van der Waals surface area contributed by atoms with E-state index in [1.54, 1.807) is 12.1 Å². The van der Waals surface area contributed by atoms with E-state index in [2.05, 4.69) is 5.32 Å². The first kappa shape index (κ1) is 19.4. The van der Waals surface area contributed by atoms with Crippen LogP contribution >= 0.6 is 0 Å². The molecule has 2 aromatic carbocycles. The Balaban J connectivity index is 2.00. The van der Waals surface area contributed by atoms with Gasteiger partial charge in [-0.3, -0.25) is 9.59 Å². The van der Waals surface area contributed by atoms with Crippen LogP contribution in [0.3, 0.4) is 0 Å². The van der Waals surface area contributed by atoms with Crippen LogP contribution in [-0.4, -0.2) is 45.2 Å². The Morgan fingerprint density at radius 2 is 1.69 bits per heavy atom. The van der Waals surface area contributed by atoms with Gasteiger partial charge in [0.25, 0.3) is 11.8 Å². The van der Waals surface area contributed by atoms with Crippen LogP contribution in [0.5, 0.6) is 5.75 Å². The van der Waals surface area contributed by atoms with Crippen molar-refractivity contribution in [2.24, 2.45) is 5.73 Å². The molecule has 8 nitrogen and oxygen atoms in total. The second kappa shape index (κ2) is 7.98. The lowest BCUT2D eigenvalue weighted by Gasteiger charge is -2.12. The lowest BCUT2D eigenvalue weighted by atomic mass is 10.2. The Bertz CT molecular complexity index is 908. The Kier molecular flexibility index (Phi) is 5.96. The van der Waals surface area contributed by atoms with Crippen LogP contribution in [0, 0.1) is 0 Å². The molecular weight excluding hydrogens is 358 g/mol. The van der Waals surface area contributed by atoms with Crippen LogP contribution in [0.4, 0.5) is 5.69 Å². The van der Waals surface area contributed by atoms with Crippen molar-refractivity contribution in [3.05, 3.63) is 54.1 Å². The summed E-state index contributed by atoms with van der Waals surface area (Å²) in [5.74, 6) is -0.909. The van der Waals surface area contributed by atoms with Crippen molar-refractivity contribution in [1.82, 2.24) is 4.31 Å². The standard InChI is InChI=1S/C17H19N3O5S/c1-20(2)26(23,24)13-9-7-12(8-10-13)19-16(21)11-25-15-6-4-3-5-14(15)17(18)22/h3-10H,11H2,1-2H3,(H2,18,22)(H,19,21). The van der Waals surface area contributed by atoms with Gasteiger partial charge in [-0.25, -0.2) is 12.7 Å². The fraction of sp³-hybridized carbons (Fsp3) is 0.176. The second-order valence-corrected chi connectivity index (χ2v) is 7.66. The molecule has 0 fully saturated rings. The maximum atomic E-state index is 12.0. The van der Waals surface area contributed by atoms with E-state index in [1.165, 1.54) is 50.5 Å². The maximum absolute atomic E-state index is 12.0. The largest absolute Gasteiger partial charge is 0.483 e. The lowest BCUT2D eigenvalue weighted by Crippen LogP contribution is -2.23. The summed E-state index contributed by atoms with van der Waals surface area (Å²) in [6, 6.07) is 12.1. The molecule has 0 saturated carbocycles. The van der Waals surface area contributed by atoms with Gasteiger partial charge in [0.05, 0.1) is 10.5 Å². The predicted octanol–water partition coefficient (Wildman–Crippen LogP) is 1.05. The highest BCUT2D eigenvalue weighted by molar-refractivity contribution is 7.89. The summed E-state index contributed by atoms with van der Waals surface area (Å²) in [5, 5.41) is 2.58. The van der Waals surface area contributed by atoms with Crippen molar-refractivity contribution in [3.8, 4) is 5.75 Å². The van der Waals surface area contributed by atoms with Gasteiger partial charge < -0.3 is 15.8 Å². The van der Waals surface area contributed by atoms with Crippen LogP contribution in [0.15, 0.2) is 53.4 Å². The number of para-hydroxylation sites is 1. The van der Waals surface area contributed by atoms with Gasteiger partial charge in [-0.15, -0.1) is 0 Å². The quantitative estimate of drug-likeness (QED) is 0.748. The molecule has 9 heteroatoms. The average Bonchev–Trinajstić information content (AvgIpc) is 2.60. The summed E-state index contributed by atoms with van der Waals surface area (Å²) < 4.78 is 30.4. The summed E-state index contributed by atoms with van der Waals surface area (Å²) in [4.78, 5) is 23.4. The molecule has 0 bridgehead atoms. The van der Waals surface area contributed by atoms with Gasteiger partial charge in [0.1, 0.15) is 5.75 Å². The number of carbonyl (C=O) groups is 2. The third-order valence-corrected chi connectivity index (χ3v) is 5.26. The minimum absolute atomic E-state index is 0.118. The van der Waals surface area contributed by atoms with E-state index in [1.807, 2.05) is 0 Å². The number of ether oxygens (including phenoxy) is 1. The third kappa shape index (κ3) is 4.58. The highest BCUT2D eigenvalue weighted by Crippen LogP contribution is 2.18. The highest BCUT2D eigenvalue weighted by Gasteiger charge is 2.17. The van der Waals surface area contributed by atoms with Crippen LogP contribution in [0.2, 0.25) is 0 Å². The first-order valence-electron chi connectivity index (χ1n) is 7.56. The van der Waals surface area contributed by atoms with Crippen molar-refractivity contribution in [2.75, 3.05) is 26.0 Å². The second-order valence-electron chi connectivity index (χ2n) is 5.51. The Morgan fingerprint density at radius 1 is 1.08 bits per heavy atom. The number of primary amides is 1. The molecule has 0 aromatic heterocycles. The minimum atomic E-state index is -3.53. The Labute approximate surface area is 151 Å². The van der Waals surface area contributed by atoms with Gasteiger partial charge in [0.2, 0.25) is 10.0 Å². The molecule has 0 unspecified atom stereocenters. The molecule has 0 spiro atoms. The Morgan fingerprint density at radius 3 is 2.27 bits per heavy atom. The number of nitrogens with one attached hydrogen (secondary N) is 1. The number of amides is 2. The summed E-state index contributed by atoms with van der Waals surface area (Å²) >= 11 is 0. The molecule has 0 aliphatic heterocycles. The number of nitrogens with two attached hydrogens (primary N) is 1. The number of rotatable bonds is 7. The van der Waals surface area contributed by atoms with Gasteiger partial charge in [-0.05, 0) is 36.4 Å². The number of benzene rings is 2. The predicted molar refractivity (Wildman–Crippen MR) is 96.4 cm³/mol. The van der Waals surface area contributed by atoms with E-state index >= 15 is 0 Å². The van der Waals surface area contributed by atoms with E-state index in [0.29, 0.717) is 5.69 Å². The maximum Gasteiger partial charge on any atom is 0.262 e. The van der Waals surface area contributed by atoms with E-state index in [0.717, 1.165) is 4.31 Å². The topological polar surface area (TPSA) is 119 Å². The van der Waals surface area contributed by atoms with E-state index in [-0.39, 0.29) is 22.8 Å². The van der Waals surface area contributed by atoms with E-state index in [9.17, 15) is 18.0 Å². The first-order valence-corrected chi connectivity index (χ1v) is 9.00. The van der Waals surface area contributed by atoms with Crippen LogP contribution < -0.4 is 15.8 Å². The molecule has 0 saturated heterocycles. The van der Waals surface area contributed by atoms with Crippen molar-refractivity contribution in [3.63, 3.8) is 0 Å². The number of sulfonamides is 1. The molecule has 0 atom stereocenters. The van der Waals surface area contributed by atoms with Crippen molar-refractivity contribution >= 4 is 27.5 Å². The summed E-state index contributed by atoms with van der Waals surface area (Å²) in [6.45, 7) is -0.331. The third-order valence-electron chi connectivity index (χ3n) is 3.43. The SMILES string of the molecule is CN(C)S(=O)(=O)c1ccc(NC(=O)COc2ccccc2C(N)=O)cc1. The molecule has 26 heavy (non-hydrogen) atoms. The first-order chi connectivity index (χ1) is 12.2. The number of carbonyl (C=O) groups excluding carboxylic acids is 2. The Hall–Kier alpha value is -2.91. The fourth-order valence-electron chi connectivity index (χ4n) is 2.06. The summed E-state index contributed by atoms with van der Waals surface area (Å²) in [6.07, 6.45) is 0. The lowest BCUT2D eigenvalue weighted by molar-refractivity contribution is -0.118. The molecule has 0 aliphatic carbocycles. The summed E-state index contributed by atoms with van der Waals surface area (Å²) in [7, 11) is -0.656. The van der Waals surface area contributed by atoms with Gasteiger partial charge in [-0.1, -0.05) is 12.1 Å². The molecule has 138 valence electrons. The molecule has 2 rings (SSSR count). The fourth-order valence-corrected chi connectivity index (χ4v) is 2.96. The molecule has 0 heterocycles. The number of hydrogen-bond acceptors (Lipinski definition) is 5. The van der Waals surface area contributed by atoms with Gasteiger partial charge >= 0.3 is 0 Å². The zero-order chi connectivity index (χ0) is 19.3. The van der Waals surface area contributed by atoms with Gasteiger partial charge in [-0.2, -0.15) is 0 Å². The number of nitrogens with zero attached hydrogens (tertiary/aromatic N) is 1. The zero-order valence-corrected chi connectivity index (χ0v) is 15.1. The smallest absolute Gasteiger partial charge is 0.262 e. The number of hydrogen-bond donors (Lipinski definition) is 2. The van der Waals surface area contributed by atoms with Gasteiger partial charge in [0, 0.05) is 19.8 Å². The molecular formula is C17H19N3O5S. The highest BCUT2D eigenvalue weighted by atomic mass is 32.2. The van der Waals surface area contributed by atoms with Crippen molar-refractivity contribution in [1.29, 1.82) is 0 Å². The normalized spacial score (nSPS) is 11.2. The number of anilines is 1. The summed E-state index contributed by atoms with van der Waals surface area (Å²) in [5.41, 5.74) is 5.84. The van der Waals surface area contributed by atoms with E-state index < -0.39 is 21.8 Å². The molecule has 2 aromatic rings. The molecule has 2 amide bonds. The monoisotopic (exact) mass is 377 g/mol. The molecule has 0 aliphatic rings. The minimum Gasteiger partial charge on any atom is -0.483 e. The zero-order valence-electron chi connectivity index (χ0n) is 14.3. The van der Waals surface area contributed by atoms with Crippen LogP contribution in [-0.2, 0) is 14.8 Å². The van der Waals surface area contributed by atoms with Crippen LogP contribution in [0.1, 0.15) is 10.4 Å². The van der Waals surface area contributed by atoms with Crippen molar-refractivity contribution in [2.45, 2.75) is 4.90 Å². The average molecular weight is 377 g/mol. The van der Waals surface area contributed by atoms with E-state index in [4.69, 9.17) is 10.5 Å². The van der Waals surface area contributed by atoms with Gasteiger partial charge in [0.15, 0.2) is 6.61 Å². The molecule has 3 N–H and O–H groups in total. The molecule has 0 radical (unpaired) electrons. The van der Waals surface area contributed by atoms with Crippen molar-refractivity contribution < 1.29 is 22.7 Å².